The molecule has 28 heavy (non-hydrogen) atoms. The van der Waals surface area contributed by atoms with Crippen LogP contribution in [0, 0.1) is 0 Å². The highest BCUT2D eigenvalue weighted by atomic mass is 16.5. The highest BCUT2D eigenvalue weighted by Gasteiger charge is 2.25. The van der Waals surface area contributed by atoms with E-state index in [1.165, 1.54) is 6.26 Å². The summed E-state index contributed by atoms with van der Waals surface area (Å²) in [4.78, 5) is 37.7. The van der Waals surface area contributed by atoms with Crippen molar-refractivity contribution in [1.82, 2.24) is 10.2 Å². The van der Waals surface area contributed by atoms with Crippen molar-refractivity contribution >= 4 is 17.6 Å². The minimum absolute atomic E-state index is 0.0151. The topological polar surface area (TPSA) is 88.9 Å². The summed E-state index contributed by atoms with van der Waals surface area (Å²) < 4.78 is 10.6. The fourth-order valence-electron chi connectivity index (χ4n) is 3.14. The first-order valence-corrected chi connectivity index (χ1v) is 9.45. The van der Waals surface area contributed by atoms with Crippen molar-refractivity contribution in [1.29, 1.82) is 0 Å². The minimum atomic E-state index is -0.204. The molecule has 1 N–H and O–H groups in total. The summed E-state index contributed by atoms with van der Waals surface area (Å²) >= 11 is 0. The van der Waals surface area contributed by atoms with Gasteiger partial charge in [-0.25, -0.2) is 0 Å². The lowest BCUT2D eigenvalue weighted by atomic mass is 10.0. The van der Waals surface area contributed by atoms with Crippen molar-refractivity contribution in [3.8, 4) is 5.75 Å². The summed E-state index contributed by atoms with van der Waals surface area (Å²) in [6.45, 7) is 2.86. The van der Waals surface area contributed by atoms with Gasteiger partial charge in [0.15, 0.2) is 18.2 Å². The average Bonchev–Trinajstić information content (AvgIpc) is 3.27. The van der Waals surface area contributed by atoms with Crippen LogP contribution in [0.2, 0.25) is 0 Å². The molecular formula is C21H24N2O5. The van der Waals surface area contributed by atoms with Gasteiger partial charge in [0.25, 0.3) is 11.8 Å². The van der Waals surface area contributed by atoms with Gasteiger partial charge in [0.05, 0.1) is 6.26 Å². The van der Waals surface area contributed by atoms with E-state index in [2.05, 4.69) is 5.32 Å². The van der Waals surface area contributed by atoms with Gasteiger partial charge in [0.2, 0.25) is 0 Å². The standard InChI is InChI=1S/C21H24N2O5/c1-2-18(24)15-5-7-17(8-6-15)28-14-20(25)22-16-9-11-23(12-10-16)21(26)19-4-3-13-27-19/h3-8,13,16H,2,9-12,14H2,1H3,(H,22,25). The van der Waals surface area contributed by atoms with Gasteiger partial charge in [0.1, 0.15) is 5.75 Å². The summed E-state index contributed by atoms with van der Waals surface area (Å²) in [6, 6.07) is 10.1. The molecule has 0 spiro atoms. The Bertz CT molecular complexity index is 806. The summed E-state index contributed by atoms with van der Waals surface area (Å²) in [5.41, 5.74) is 0.634. The van der Waals surface area contributed by atoms with Crippen LogP contribution in [0.25, 0.3) is 0 Å². The first kappa shape index (κ1) is 19.7. The van der Waals surface area contributed by atoms with Gasteiger partial charge in [-0.1, -0.05) is 6.92 Å². The lowest BCUT2D eigenvalue weighted by molar-refractivity contribution is -0.124. The molecule has 0 unspecified atom stereocenters. The Labute approximate surface area is 163 Å². The molecule has 0 atom stereocenters. The Morgan fingerprint density at radius 2 is 1.86 bits per heavy atom. The number of hydrogen-bond donors (Lipinski definition) is 1. The van der Waals surface area contributed by atoms with Crippen LogP contribution in [-0.2, 0) is 4.79 Å². The van der Waals surface area contributed by atoms with Gasteiger partial charge < -0.3 is 19.4 Å². The minimum Gasteiger partial charge on any atom is -0.484 e. The fourth-order valence-corrected chi connectivity index (χ4v) is 3.14. The van der Waals surface area contributed by atoms with E-state index in [0.29, 0.717) is 49.4 Å². The monoisotopic (exact) mass is 384 g/mol. The second kappa shape index (κ2) is 9.21. The molecule has 1 aromatic carbocycles. The second-order valence-corrected chi connectivity index (χ2v) is 6.70. The molecular weight excluding hydrogens is 360 g/mol. The smallest absolute Gasteiger partial charge is 0.289 e. The van der Waals surface area contributed by atoms with E-state index in [9.17, 15) is 14.4 Å². The van der Waals surface area contributed by atoms with Gasteiger partial charge in [-0.15, -0.1) is 0 Å². The van der Waals surface area contributed by atoms with Crippen LogP contribution in [0.3, 0.4) is 0 Å². The predicted octanol–water partition coefficient (Wildman–Crippen LogP) is 2.67. The Morgan fingerprint density at radius 3 is 2.46 bits per heavy atom. The SMILES string of the molecule is CCC(=O)c1ccc(OCC(=O)NC2CCN(C(=O)c3ccco3)CC2)cc1. The summed E-state index contributed by atoms with van der Waals surface area (Å²) in [7, 11) is 0. The van der Waals surface area contributed by atoms with Crippen LogP contribution < -0.4 is 10.1 Å². The Morgan fingerprint density at radius 1 is 1.14 bits per heavy atom. The van der Waals surface area contributed by atoms with E-state index in [1.54, 1.807) is 41.3 Å². The molecule has 3 rings (SSSR count). The zero-order chi connectivity index (χ0) is 19.9. The lowest BCUT2D eigenvalue weighted by Crippen LogP contribution is -2.47. The molecule has 1 aromatic heterocycles. The van der Waals surface area contributed by atoms with E-state index in [4.69, 9.17) is 9.15 Å². The quantitative estimate of drug-likeness (QED) is 0.742. The van der Waals surface area contributed by atoms with E-state index < -0.39 is 0 Å². The van der Waals surface area contributed by atoms with Crippen LogP contribution in [-0.4, -0.2) is 48.2 Å². The Balaban J connectivity index is 1.40. The average molecular weight is 384 g/mol. The number of furan rings is 1. The van der Waals surface area contributed by atoms with Crippen LogP contribution in [0.1, 0.15) is 47.1 Å². The maximum Gasteiger partial charge on any atom is 0.289 e. The maximum atomic E-state index is 12.2. The van der Waals surface area contributed by atoms with Crippen molar-refractivity contribution in [2.24, 2.45) is 0 Å². The first-order valence-electron chi connectivity index (χ1n) is 9.45. The number of carbonyl (C=O) groups excluding carboxylic acids is 3. The highest BCUT2D eigenvalue weighted by Crippen LogP contribution is 2.15. The van der Waals surface area contributed by atoms with Crippen LogP contribution >= 0.6 is 0 Å². The number of hydrogen-bond acceptors (Lipinski definition) is 5. The third-order valence-electron chi connectivity index (χ3n) is 4.75. The third-order valence-corrected chi connectivity index (χ3v) is 4.75. The maximum absolute atomic E-state index is 12.2. The van der Waals surface area contributed by atoms with Crippen molar-refractivity contribution < 1.29 is 23.5 Å². The van der Waals surface area contributed by atoms with Gasteiger partial charge in [-0.2, -0.15) is 0 Å². The normalized spacial score (nSPS) is 14.5. The number of amides is 2. The number of likely N-dealkylation sites (tertiary alicyclic amines) is 1. The number of rotatable bonds is 7. The number of benzene rings is 1. The third kappa shape index (κ3) is 5.00. The van der Waals surface area contributed by atoms with Crippen molar-refractivity contribution in [2.45, 2.75) is 32.2 Å². The number of ketones is 1. The molecule has 2 aromatic rings. The number of carbonyl (C=O) groups is 3. The summed E-state index contributed by atoms with van der Waals surface area (Å²) in [5.74, 6) is 0.623. The Kier molecular flexibility index (Phi) is 6.47. The van der Waals surface area contributed by atoms with Crippen molar-refractivity contribution in [3.05, 3.63) is 54.0 Å². The first-order chi connectivity index (χ1) is 13.6. The molecule has 7 heteroatoms. The van der Waals surface area contributed by atoms with E-state index in [-0.39, 0.29) is 30.2 Å². The summed E-state index contributed by atoms with van der Waals surface area (Å²) in [6.07, 6.45) is 3.31. The highest BCUT2D eigenvalue weighted by molar-refractivity contribution is 5.95. The molecule has 1 saturated heterocycles. The van der Waals surface area contributed by atoms with Gasteiger partial charge >= 0.3 is 0 Å². The molecule has 0 aliphatic carbocycles. The second-order valence-electron chi connectivity index (χ2n) is 6.70. The van der Waals surface area contributed by atoms with Crippen molar-refractivity contribution in [2.75, 3.05) is 19.7 Å². The zero-order valence-electron chi connectivity index (χ0n) is 15.8. The number of nitrogens with zero attached hydrogens (tertiary/aromatic N) is 1. The molecule has 1 fully saturated rings. The number of nitrogens with one attached hydrogen (secondary N) is 1. The lowest BCUT2D eigenvalue weighted by Gasteiger charge is -2.31. The van der Waals surface area contributed by atoms with Gasteiger partial charge in [0, 0.05) is 31.1 Å². The van der Waals surface area contributed by atoms with Crippen LogP contribution in [0.5, 0.6) is 5.75 Å². The molecule has 0 radical (unpaired) electrons. The van der Waals surface area contributed by atoms with Crippen molar-refractivity contribution in [3.63, 3.8) is 0 Å². The molecule has 2 heterocycles. The largest absolute Gasteiger partial charge is 0.484 e. The number of Topliss-reactive ketones (excluding diaryl/α,β-unsaturated/α-hetero) is 1. The molecule has 1 aliphatic rings. The fraction of sp³-hybridized carbons (Fsp3) is 0.381. The van der Waals surface area contributed by atoms with E-state index >= 15 is 0 Å². The van der Waals surface area contributed by atoms with Gasteiger partial charge in [-0.3, -0.25) is 14.4 Å². The zero-order valence-corrected chi connectivity index (χ0v) is 15.8. The van der Waals surface area contributed by atoms with Gasteiger partial charge in [-0.05, 0) is 49.2 Å². The van der Waals surface area contributed by atoms with E-state index in [1.807, 2.05) is 6.92 Å². The molecule has 7 nitrogen and oxygen atoms in total. The van der Waals surface area contributed by atoms with E-state index in [0.717, 1.165) is 0 Å². The number of ether oxygens (including phenoxy) is 1. The number of piperidine rings is 1. The molecule has 0 bridgehead atoms. The molecule has 0 saturated carbocycles. The van der Waals surface area contributed by atoms with Crippen LogP contribution in [0.4, 0.5) is 0 Å². The summed E-state index contributed by atoms with van der Waals surface area (Å²) in [5, 5.41) is 2.94. The molecule has 148 valence electrons. The van der Waals surface area contributed by atoms with Crippen LogP contribution in [0.15, 0.2) is 47.1 Å². The molecule has 1 aliphatic heterocycles. The predicted molar refractivity (Wildman–Crippen MR) is 102 cm³/mol. The Hall–Kier alpha value is -3.09. The molecule has 2 amide bonds.